The van der Waals surface area contributed by atoms with Gasteiger partial charge in [0.15, 0.2) is 0 Å². The second-order valence-electron chi connectivity index (χ2n) is 9.01. The van der Waals surface area contributed by atoms with Gasteiger partial charge in [-0.15, -0.1) is 11.8 Å². The maximum absolute atomic E-state index is 11.6. The molecule has 30 heavy (non-hydrogen) atoms. The first-order valence-corrected chi connectivity index (χ1v) is 11.4. The summed E-state index contributed by atoms with van der Waals surface area (Å²) in [5.41, 5.74) is 4.50. The van der Waals surface area contributed by atoms with Crippen LogP contribution < -0.4 is 4.74 Å². The molecule has 0 spiro atoms. The predicted octanol–water partition coefficient (Wildman–Crippen LogP) is 5.70. The van der Waals surface area contributed by atoms with Crippen molar-refractivity contribution in [3.63, 3.8) is 0 Å². The second kappa shape index (κ2) is 8.81. The normalized spacial score (nSPS) is 16.2. The topological polar surface area (TPSA) is 52.1 Å². The number of rotatable bonds is 4. The molecule has 0 saturated carbocycles. The number of hydrogen-bond acceptors (Lipinski definition) is 5. The van der Waals surface area contributed by atoms with Crippen molar-refractivity contribution in [3.05, 3.63) is 46.8 Å². The van der Waals surface area contributed by atoms with Gasteiger partial charge in [0.1, 0.15) is 0 Å². The van der Waals surface area contributed by atoms with E-state index >= 15 is 0 Å². The molecule has 0 atom stereocenters. The lowest BCUT2D eigenvalue weighted by Gasteiger charge is -2.42. The summed E-state index contributed by atoms with van der Waals surface area (Å²) in [4.78, 5) is 21.1. The van der Waals surface area contributed by atoms with Crippen molar-refractivity contribution in [1.29, 1.82) is 0 Å². The largest absolute Gasteiger partial charge is 0.391 e. The van der Waals surface area contributed by atoms with Crippen molar-refractivity contribution >= 4 is 17.7 Å². The van der Waals surface area contributed by atoms with Crippen LogP contribution in [0.15, 0.2) is 29.4 Å². The molecule has 0 aliphatic carbocycles. The Morgan fingerprint density at radius 1 is 1.13 bits per heavy atom. The fraction of sp³-hybridized carbons (Fsp3) is 0.480. The highest BCUT2D eigenvalue weighted by molar-refractivity contribution is 8.00. The van der Waals surface area contributed by atoms with Gasteiger partial charge in [0.25, 0.3) is 0 Å². The van der Waals surface area contributed by atoms with E-state index in [9.17, 15) is 4.79 Å². The van der Waals surface area contributed by atoms with E-state index in [-0.39, 0.29) is 22.1 Å². The summed E-state index contributed by atoms with van der Waals surface area (Å²) in [6.07, 6.45) is 6.34. The molecule has 3 rings (SSSR count). The molecule has 0 N–H and O–H groups in total. The van der Waals surface area contributed by atoms with E-state index in [1.54, 1.807) is 12.4 Å². The summed E-state index contributed by atoms with van der Waals surface area (Å²) in [5.74, 6) is 6.17. The molecule has 0 saturated heterocycles. The molecule has 0 radical (unpaired) electrons. The zero-order valence-electron chi connectivity index (χ0n) is 18.8. The van der Waals surface area contributed by atoms with Gasteiger partial charge in [-0.05, 0) is 47.9 Å². The van der Waals surface area contributed by atoms with E-state index in [4.69, 9.17) is 4.74 Å². The lowest BCUT2D eigenvalue weighted by molar-refractivity contribution is -0.134. The fourth-order valence-electron chi connectivity index (χ4n) is 4.07. The number of thioether (sulfide) groups is 1. The molecule has 1 aromatic heterocycles. The lowest BCUT2D eigenvalue weighted by atomic mass is 9.76. The van der Waals surface area contributed by atoms with Crippen LogP contribution in [-0.2, 0) is 16.6 Å². The molecule has 1 aromatic carbocycles. The highest BCUT2D eigenvalue weighted by atomic mass is 32.2. The van der Waals surface area contributed by atoms with Gasteiger partial charge in [0.2, 0.25) is 0 Å². The molecule has 158 valence electrons. The van der Waals surface area contributed by atoms with Gasteiger partial charge in [-0.3, -0.25) is 4.79 Å². The number of carbonyl (C=O) groups is 1. The standard InChI is InChI=1S/C25H30N2O2S/c1-7-9-22(28)29-23-26-14-17(15-27-23)10-11-19-12-20-21(13-18(19)8-2)30-25(5,6)16-24(20,3)4/h12-15H,7-9,16H2,1-6H3. The maximum Gasteiger partial charge on any atom is 0.324 e. The van der Waals surface area contributed by atoms with Crippen molar-refractivity contribution in [2.75, 3.05) is 0 Å². The van der Waals surface area contributed by atoms with Gasteiger partial charge in [-0.1, -0.05) is 53.4 Å². The molecule has 0 unspecified atom stereocenters. The Bertz CT molecular complexity index is 998. The van der Waals surface area contributed by atoms with Crippen LogP contribution >= 0.6 is 11.8 Å². The third-order valence-corrected chi connectivity index (χ3v) is 6.45. The zero-order valence-corrected chi connectivity index (χ0v) is 19.6. The van der Waals surface area contributed by atoms with Crippen LogP contribution in [0.3, 0.4) is 0 Å². The van der Waals surface area contributed by atoms with Crippen molar-refractivity contribution < 1.29 is 9.53 Å². The van der Waals surface area contributed by atoms with Crippen molar-refractivity contribution in [2.24, 2.45) is 0 Å². The number of benzene rings is 1. The molecule has 2 aromatic rings. The highest BCUT2D eigenvalue weighted by Gasteiger charge is 2.38. The molecule has 0 bridgehead atoms. The van der Waals surface area contributed by atoms with Crippen LogP contribution in [0, 0.1) is 11.8 Å². The smallest absolute Gasteiger partial charge is 0.324 e. The summed E-state index contributed by atoms with van der Waals surface area (Å²) in [7, 11) is 0. The molecule has 0 fully saturated rings. The SMILES string of the molecule is CCCC(=O)Oc1ncc(C#Cc2cc3c(cc2CC)SC(C)(C)CC3(C)C)cn1. The summed E-state index contributed by atoms with van der Waals surface area (Å²) in [6.45, 7) is 13.4. The number of nitrogens with zero attached hydrogens (tertiary/aromatic N) is 2. The van der Waals surface area contributed by atoms with Crippen molar-refractivity contribution in [1.82, 2.24) is 9.97 Å². The molecule has 1 aliphatic rings. The Morgan fingerprint density at radius 3 is 2.47 bits per heavy atom. The van der Waals surface area contributed by atoms with Crippen molar-refractivity contribution in [3.8, 4) is 17.9 Å². The van der Waals surface area contributed by atoms with Crippen LogP contribution in [-0.4, -0.2) is 20.7 Å². The molecular formula is C25H30N2O2S. The van der Waals surface area contributed by atoms with Crippen LogP contribution in [0.25, 0.3) is 0 Å². The Morgan fingerprint density at radius 2 is 1.83 bits per heavy atom. The number of fused-ring (bicyclic) bond motifs is 1. The lowest BCUT2D eigenvalue weighted by Crippen LogP contribution is -2.33. The minimum absolute atomic E-state index is 0.0726. The maximum atomic E-state index is 11.6. The van der Waals surface area contributed by atoms with Gasteiger partial charge in [0, 0.05) is 34.0 Å². The van der Waals surface area contributed by atoms with Gasteiger partial charge < -0.3 is 4.74 Å². The van der Waals surface area contributed by atoms with Crippen molar-refractivity contribution in [2.45, 2.75) is 82.3 Å². The van der Waals surface area contributed by atoms with E-state index in [2.05, 4.69) is 68.6 Å². The zero-order chi connectivity index (χ0) is 21.9. The first-order chi connectivity index (χ1) is 14.1. The van der Waals surface area contributed by atoms with E-state index in [0.29, 0.717) is 12.0 Å². The Kier molecular flexibility index (Phi) is 6.57. The number of aromatic nitrogens is 2. The first-order valence-electron chi connectivity index (χ1n) is 10.5. The minimum atomic E-state index is -0.318. The molecule has 2 heterocycles. The molecule has 5 heteroatoms. The number of aryl methyl sites for hydroxylation is 1. The van der Waals surface area contributed by atoms with Crippen LogP contribution in [0.4, 0.5) is 0 Å². The quantitative estimate of drug-likeness (QED) is 0.467. The van der Waals surface area contributed by atoms with E-state index < -0.39 is 0 Å². The monoisotopic (exact) mass is 422 g/mol. The molecule has 0 amide bonds. The minimum Gasteiger partial charge on any atom is -0.391 e. The Hall–Kier alpha value is -2.32. The fourth-order valence-corrected chi connectivity index (χ4v) is 5.74. The van der Waals surface area contributed by atoms with Crippen LogP contribution in [0.2, 0.25) is 0 Å². The van der Waals surface area contributed by atoms with E-state index in [1.807, 2.05) is 18.7 Å². The van der Waals surface area contributed by atoms with Crippen LogP contribution in [0.1, 0.15) is 83.1 Å². The molecule has 4 nitrogen and oxygen atoms in total. The molecular weight excluding hydrogens is 392 g/mol. The van der Waals surface area contributed by atoms with Gasteiger partial charge in [-0.25, -0.2) is 9.97 Å². The summed E-state index contributed by atoms with van der Waals surface area (Å²) < 4.78 is 5.33. The number of esters is 1. The summed E-state index contributed by atoms with van der Waals surface area (Å²) >= 11 is 1.97. The van der Waals surface area contributed by atoms with Gasteiger partial charge >= 0.3 is 12.0 Å². The first kappa shape index (κ1) is 22.4. The van der Waals surface area contributed by atoms with Gasteiger partial charge in [0.05, 0.1) is 5.56 Å². The van der Waals surface area contributed by atoms with Crippen LogP contribution in [0.5, 0.6) is 6.01 Å². The van der Waals surface area contributed by atoms with E-state index in [1.165, 1.54) is 16.0 Å². The number of carbonyl (C=O) groups excluding carboxylic acids is 1. The predicted molar refractivity (Wildman–Crippen MR) is 122 cm³/mol. The average Bonchev–Trinajstić information content (AvgIpc) is 2.65. The third-order valence-electron chi connectivity index (χ3n) is 5.20. The summed E-state index contributed by atoms with van der Waals surface area (Å²) in [6, 6.07) is 4.66. The molecule has 1 aliphatic heterocycles. The number of hydrogen-bond donors (Lipinski definition) is 0. The summed E-state index contributed by atoms with van der Waals surface area (Å²) in [5, 5.41) is 0. The average molecular weight is 423 g/mol. The Balaban J connectivity index is 1.88. The number of ether oxygens (including phenoxy) is 1. The Labute approximate surface area is 184 Å². The highest BCUT2D eigenvalue weighted by Crippen LogP contribution is 2.51. The van der Waals surface area contributed by atoms with Gasteiger partial charge in [-0.2, -0.15) is 0 Å². The van der Waals surface area contributed by atoms with E-state index in [0.717, 1.165) is 24.8 Å². The third kappa shape index (κ3) is 5.23. The second-order valence-corrected chi connectivity index (χ2v) is 10.8.